The zero-order valence-electron chi connectivity index (χ0n) is 33.3. The first-order chi connectivity index (χ1) is 29.0. The van der Waals surface area contributed by atoms with Crippen LogP contribution in [0.3, 0.4) is 0 Å². The molecule has 4 aromatic carbocycles. The number of aliphatic carboxylic acids is 2. The molecule has 3 atom stereocenters. The lowest BCUT2D eigenvalue weighted by molar-refractivity contribution is -0.140. The van der Waals surface area contributed by atoms with Crippen molar-refractivity contribution in [1.29, 1.82) is 5.26 Å². The number of hydrogen-bond donors (Lipinski definition) is 5. The Morgan fingerprint density at radius 1 is 0.883 bits per heavy atom. The Labute approximate surface area is 357 Å². The van der Waals surface area contributed by atoms with Gasteiger partial charge in [0.2, 0.25) is 11.8 Å². The summed E-state index contributed by atoms with van der Waals surface area (Å²) in [7, 11) is 0. The number of ether oxygens (including phenoxy) is 3. The van der Waals surface area contributed by atoms with Crippen LogP contribution in [0, 0.1) is 18.3 Å². The first-order valence-corrected chi connectivity index (χ1v) is 20.7. The van der Waals surface area contributed by atoms with Gasteiger partial charge in [-0.25, -0.2) is 0 Å². The largest absolute Gasteiger partial charge is 0.494 e. The molecule has 1 heterocycles. The fourth-order valence-electron chi connectivity index (χ4n) is 7.43. The second-order valence-corrected chi connectivity index (χ2v) is 15.7. The van der Waals surface area contributed by atoms with Crippen molar-refractivity contribution < 1.29 is 44.2 Å². The Bertz CT molecular complexity index is 2330. The highest BCUT2D eigenvalue weighted by Crippen LogP contribution is 2.43. The van der Waals surface area contributed by atoms with Crippen molar-refractivity contribution in [2.45, 2.75) is 83.3 Å². The molecule has 0 bridgehead atoms. The van der Waals surface area contributed by atoms with Crippen LogP contribution in [-0.2, 0) is 29.2 Å². The van der Waals surface area contributed by atoms with E-state index in [-0.39, 0.29) is 38.6 Å². The molecule has 60 heavy (non-hydrogen) atoms. The number of carboxylic acid groups (broad SMARTS) is 2. The van der Waals surface area contributed by atoms with Crippen LogP contribution < -0.4 is 19.5 Å². The summed E-state index contributed by atoms with van der Waals surface area (Å²) in [5, 5.41) is 50.2. The Morgan fingerprint density at radius 2 is 1.60 bits per heavy atom. The average molecular weight is 879 g/mol. The van der Waals surface area contributed by atoms with E-state index >= 15 is 0 Å². The van der Waals surface area contributed by atoms with Gasteiger partial charge < -0.3 is 40.0 Å². The number of hydrogen-bond acceptors (Lipinski definition) is 10. The van der Waals surface area contributed by atoms with E-state index in [0.29, 0.717) is 53.2 Å². The number of fused-ring (bicyclic) bond motifs is 1. The monoisotopic (exact) mass is 877 g/mol. The lowest BCUT2D eigenvalue weighted by Crippen LogP contribution is -2.28. The highest BCUT2D eigenvalue weighted by molar-refractivity contribution is 9.10. The van der Waals surface area contributed by atoms with Crippen LogP contribution in [0.4, 0.5) is 0 Å². The van der Waals surface area contributed by atoms with Crippen molar-refractivity contribution in [3.63, 3.8) is 0 Å². The SMILES string of the molecule is Cc1c(-c2ccc(OCCCC[C@@H](O)CC(=O)O)cc2)cccc1-c1cccc2c1CC[C@@H]2Oc1nc(OCc2cccc(C#N)c2)c(CNC[C@@H](O)CC(=O)O)cc1Br. The summed E-state index contributed by atoms with van der Waals surface area (Å²) in [5.74, 6) is -0.680. The van der Waals surface area contributed by atoms with Gasteiger partial charge in [0.15, 0.2) is 0 Å². The molecule has 1 aliphatic carbocycles. The molecule has 312 valence electrons. The lowest BCUT2D eigenvalue weighted by Gasteiger charge is -2.19. The first kappa shape index (κ1) is 43.8. The molecule has 5 aromatic rings. The second-order valence-electron chi connectivity index (χ2n) is 14.8. The summed E-state index contributed by atoms with van der Waals surface area (Å²) in [6.45, 7) is 3.07. The Balaban J connectivity index is 1.16. The van der Waals surface area contributed by atoms with Crippen molar-refractivity contribution in [3.05, 3.63) is 129 Å². The van der Waals surface area contributed by atoms with Gasteiger partial charge in [0, 0.05) is 18.7 Å². The van der Waals surface area contributed by atoms with E-state index in [4.69, 9.17) is 29.4 Å². The number of aromatic nitrogens is 1. The van der Waals surface area contributed by atoms with Gasteiger partial charge in [-0.3, -0.25) is 9.59 Å². The maximum atomic E-state index is 11.0. The lowest BCUT2D eigenvalue weighted by atomic mass is 9.89. The highest BCUT2D eigenvalue weighted by Gasteiger charge is 2.29. The number of halogens is 1. The molecule has 0 unspecified atom stereocenters. The fourth-order valence-corrected chi connectivity index (χ4v) is 7.89. The van der Waals surface area contributed by atoms with E-state index in [9.17, 15) is 25.1 Å². The zero-order chi connectivity index (χ0) is 42.6. The summed E-state index contributed by atoms with van der Waals surface area (Å²) in [6, 6.07) is 31.8. The number of nitrogens with one attached hydrogen (secondary N) is 1. The molecule has 0 radical (unpaired) electrons. The standard InChI is InChI=1S/C47H48BrN3O9/c1-29-37(32-14-16-36(17-15-32)58-20-3-2-9-34(52)23-44(54)55)10-5-11-38(29)39-12-6-13-41-40(39)18-19-43(41)60-47-42(48)22-33(26-50-27-35(53)24-45(56)57)46(51-47)59-28-31-8-4-7-30(21-31)25-49/h4-8,10-17,21-22,34-35,43,50,52-53H,2-3,9,18-20,23-24,26-28H2,1H3,(H,54,55)(H,56,57)/t34-,35+,43+/m1/s1. The second kappa shape index (κ2) is 21.0. The van der Waals surface area contributed by atoms with Gasteiger partial charge in [0.1, 0.15) is 18.5 Å². The minimum Gasteiger partial charge on any atom is -0.494 e. The van der Waals surface area contributed by atoms with E-state index in [0.717, 1.165) is 57.5 Å². The number of carboxylic acids is 2. The number of aliphatic hydroxyl groups excluding tert-OH is 2. The smallest absolute Gasteiger partial charge is 0.306 e. The summed E-state index contributed by atoms with van der Waals surface area (Å²) < 4.78 is 19.4. The van der Waals surface area contributed by atoms with Gasteiger partial charge in [0.25, 0.3) is 0 Å². The topological polar surface area (TPSA) is 191 Å². The highest BCUT2D eigenvalue weighted by atomic mass is 79.9. The fraction of sp³-hybridized carbons (Fsp3) is 0.319. The van der Waals surface area contributed by atoms with Gasteiger partial charge in [0.05, 0.1) is 47.8 Å². The van der Waals surface area contributed by atoms with Crippen molar-refractivity contribution >= 4 is 27.9 Å². The van der Waals surface area contributed by atoms with Crippen LogP contribution in [0.2, 0.25) is 0 Å². The Kier molecular flexibility index (Phi) is 15.3. The number of carbonyl (C=O) groups is 2. The molecule has 0 saturated carbocycles. The van der Waals surface area contributed by atoms with E-state index in [1.54, 1.807) is 18.2 Å². The quantitative estimate of drug-likeness (QED) is 0.0444. The minimum absolute atomic E-state index is 0.0606. The molecule has 13 heteroatoms. The average Bonchev–Trinajstić information content (AvgIpc) is 3.64. The van der Waals surface area contributed by atoms with Gasteiger partial charge in [-0.1, -0.05) is 60.7 Å². The molecular weight excluding hydrogens is 830 g/mol. The van der Waals surface area contributed by atoms with Crippen molar-refractivity contribution in [1.82, 2.24) is 10.3 Å². The van der Waals surface area contributed by atoms with Crippen LogP contribution in [0.15, 0.2) is 95.5 Å². The summed E-state index contributed by atoms with van der Waals surface area (Å²) in [6.07, 6.45) is 0.575. The van der Waals surface area contributed by atoms with Gasteiger partial charge >= 0.3 is 11.9 Å². The van der Waals surface area contributed by atoms with Crippen LogP contribution in [0.25, 0.3) is 22.3 Å². The number of nitrogens with zero attached hydrogens (tertiary/aromatic N) is 2. The van der Waals surface area contributed by atoms with Crippen LogP contribution >= 0.6 is 15.9 Å². The molecule has 1 aromatic heterocycles. The Morgan fingerprint density at radius 3 is 2.37 bits per heavy atom. The van der Waals surface area contributed by atoms with Crippen LogP contribution in [0.1, 0.15) is 78.0 Å². The maximum Gasteiger partial charge on any atom is 0.306 e. The van der Waals surface area contributed by atoms with Crippen molar-refractivity contribution in [3.8, 4) is 45.8 Å². The van der Waals surface area contributed by atoms with Crippen LogP contribution in [0.5, 0.6) is 17.5 Å². The molecule has 0 fully saturated rings. The molecule has 0 amide bonds. The predicted octanol–water partition coefficient (Wildman–Crippen LogP) is 8.31. The minimum atomic E-state index is -1.09. The maximum absolute atomic E-state index is 11.0. The number of aliphatic hydroxyl groups is 2. The number of unbranched alkanes of at least 4 members (excludes halogenated alkanes) is 1. The summed E-state index contributed by atoms with van der Waals surface area (Å²) in [4.78, 5) is 26.6. The summed E-state index contributed by atoms with van der Waals surface area (Å²) in [5.41, 5.74) is 9.87. The molecule has 6 rings (SSSR count). The predicted molar refractivity (Wildman–Crippen MR) is 229 cm³/mol. The van der Waals surface area contributed by atoms with Gasteiger partial charge in [-0.15, -0.1) is 0 Å². The van der Waals surface area contributed by atoms with E-state index < -0.39 is 24.1 Å². The van der Waals surface area contributed by atoms with Crippen molar-refractivity contribution in [2.75, 3.05) is 13.2 Å². The molecular formula is C47H48BrN3O9. The molecule has 0 aliphatic heterocycles. The van der Waals surface area contributed by atoms with E-state index in [2.05, 4.69) is 70.6 Å². The molecule has 1 aliphatic rings. The van der Waals surface area contributed by atoms with Gasteiger partial charge in [-0.2, -0.15) is 10.2 Å². The zero-order valence-corrected chi connectivity index (χ0v) is 34.9. The third kappa shape index (κ3) is 11.7. The van der Waals surface area contributed by atoms with Gasteiger partial charge in [-0.05, 0) is 130 Å². The number of benzene rings is 4. The molecule has 0 spiro atoms. The number of pyridine rings is 1. The number of rotatable bonds is 21. The van der Waals surface area contributed by atoms with Crippen molar-refractivity contribution in [2.24, 2.45) is 0 Å². The third-order valence-electron chi connectivity index (χ3n) is 10.4. The normalized spacial score (nSPS) is 14.2. The molecule has 0 saturated heterocycles. The Hall–Kier alpha value is -5.78. The van der Waals surface area contributed by atoms with E-state index in [1.807, 2.05) is 36.4 Å². The number of nitriles is 1. The molecule has 12 nitrogen and oxygen atoms in total. The van der Waals surface area contributed by atoms with E-state index in [1.165, 1.54) is 5.56 Å². The summed E-state index contributed by atoms with van der Waals surface area (Å²) >= 11 is 3.66. The third-order valence-corrected chi connectivity index (χ3v) is 11.0. The van der Waals surface area contributed by atoms with Crippen LogP contribution in [-0.4, -0.2) is 62.7 Å². The first-order valence-electron chi connectivity index (χ1n) is 19.9. The molecule has 5 N–H and O–H groups in total.